The normalized spacial score (nSPS) is 14.2. The number of nitrogens with zero attached hydrogens (tertiary/aromatic N) is 2. The van der Waals surface area contributed by atoms with E-state index in [9.17, 15) is 14.0 Å². The Morgan fingerprint density at radius 1 is 1.00 bits per heavy atom. The van der Waals surface area contributed by atoms with Crippen LogP contribution in [0.3, 0.4) is 0 Å². The summed E-state index contributed by atoms with van der Waals surface area (Å²) in [5, 5.41) is 0. The van der Waals surface area contributed by atoms with Gasteiger partial charge >= 0.3 is 5.97 Å². The Labute approximate surface area is 152 Å². The molecule has 0 saturated carbocycles. The van der Waals surface area contributed by atoms with E-state index in [0.29, 0.717) is 31.7 Å². The average molecular weight is 356 g/mol. The van der Waals surface area contributed by atoms with Crippen LogP contribution in [0.1, 0.15) is 15.9 Å². The Balaban J connectivity index is 1.62. The summed E-state index contributed by atoms with van der Waals surface area (Å²) in [6.45, 7) is 2.44. The van der Waals surface area contributed by atoms with Crippen molar-refractivity contribution in [3.05, 3.63) is 65.5 Å². The van der Waals surface area contributed by atoms with Gasteiger partial charge in [-0.25, -0.2) is 9.18 Å². The van der Waals surface area contributed by atoms with Crippen LogP contribution in [0, 0.1) is 5.82 Å². The number of carbonyl (C=O) groups is 2. The first-order valence-corrected chi connectivity index (χ1v) is 8.53. The van der Waals surface area contributed by atoms with Gasteiger partial charge in [0.15, 0.2) is 0 Å². The van der Waals surface area contributed by atoms with Crippen LogP contribution < -0.4 is 4.90 Å². The van der Waals surface area contributed by atoms with Crippen LogP contribution in [0.4, 0.5) is 10.1 Å². The van der Waals surface area contributed by atoms with Crippen molar-refractivity contribution in [3.63, 3.8) is 0 Å². The average Bonchev–Trinajstić information content (AvgIpc) is 2.69. The fourth-order valence-corrected chi connectivity index (χ4v) is 3.12. The van der Waals surface area contributed by atoms with E-state index in [0.717, 1.165) is 11.3 Å². The largest absolute Gasteiger partial charge is 0.465 e. The van der Waals surface area contributed by atoms with Gasteiger partial charge in [0, 0.05) is 26.2 Å². The van der Waals surface area contributed by atoms with E-state index < -0.39 is 0 Å². The van der Waals surface area contributed by atoms with Crippen molar-refractivity contribution < 1.29 is 18.7 Å². The molecule has 136 valence electrons. The molecule has 0 radical (unpaired) electrons. The highest BCUT2D eigenvalue weighted by atomic mass is 19.1. The third-order valence-corrected chi connectivity index (χ3v) is 4.55. The minimum absolute atomic E-state index is 0.0255. The number of methoxy groups -OCH3 is 1. The molecule has 3 rings (SSSR count). The maximum absolute atomic E-state index is 13.0. The molecular formula is C20H21FN2O3. The molecule has 1 aliphatic rings. The van der Waals surface area contributed by atoms with Gasteiger partial charge in [-0.1, -0.05) is 24.3 Å². The van der Waals surface area contributed by atoms with E-state index in [1.807, 2.05) is 12.1 Å². The molecule has 0 aliphatic carbocycles. The Bertz CT molecular complexity index is 784. The molecule has 6 heteroatoms. The second-order valence-corrected chi connectivity index (χ2v) is 6.18. The molecule has 2 aromatic carbocycles. The number of para-hydroxylation sites is 1. The second-order valence-electron chi connectivity index (χ2n) is 6.18. The first kappa shape index (κ1) is 17.9. The molecule has 1 aliphatic heterocycles. The zero-order chi connectivity index (χ0) is 18.5. The third kappa shape index (κ3) is 4.02. The van der Waals surface area contributed by atoms with Crippen molar-refractivity contribution >= 4 is 17.6 Å². The fourth-order valence-electron chi connectivity index (χ4n) is 3.12. The van der Waals surface area contributed by atoms with Crippen LogP contribution in [-0.2, 0) is 16.0 Å². The van der Waals surface area contributed by atoms with Gasteiger partial charge in [0.05, 0.1) is 24.8 Å². The molecule has 0 spiro atoms. The van der Waals surface area contributed by atoms with Crippen molar-refractivity contribution in [2.45, 2.75) is 6.42 Å². The molecule has 26 heavy (non-hydrogen) atoms. The monoisotopic (exact) mass is 356 g/mol. The van der Waals surface area contributed by atoms with Crippen molar-refractivity contribution in [2.75, 3.05) is 38.2 Å². The van der Waals surface area contributed by atoms with Gasteiger partial charge < -0.3 is 14.5 Å². The molecule has 1 fully saturated rings. The number of amides is 1. The summed E-state index contributed by atoms with van der Waals surface area (Å²) in [5.41, 5.74) is 2.15. The maximum atomic E-state index is 13.0. The summed E-state index contributed by atoms with van der Waals surface area (Å²) in [6.07, 6.45) is 0.263. The van der Waals surface area contributed by atoms with E-state index in [-0.39, 0.29) is 24.1 Å². The Kier molecular flexibility index (Phi) is 5.51. The number of anilines is 1. The number of halogens is 1. The topological polar surface area (TPSA) is 49.9 Å². The van der Waals surface area contributed by atoms with E-state index in [2.05, 4.69) is 4.90 Å². The minimum atomic E-state index is -0.365. The Hall–Kier alpha value is -2.89. The van der Waals surface area contributed by atoms with Crippen LogP contribution in [0.15, 0.2) is 48.5 Å². The summed E-state index contributed by atoms with van der Waals surface area (Å²) in [7, 11) is 1.37. The van der Waals surface area contributed by atoms with Gasteiger partial charge in [-0.2, -0.15) is 0 Å². The third-order valence-electron chi connectivity index (χ3n) is 4.55. The van der Waals surface area contributed by atoms with Crippen molar-refractivity contribution in [1.29, 1.82) is 0 Å². The molecule has 1 heterocycles. The van der Waals surface area contributed by atoms with E-state index >= 15 is 0 Å². The van der Waals surface area contributed by atoms with E-state index in [1.165, 1.54) is 19.2 Å². The van der Waals surface area contributed by atoms with Crippen LogP contribution in [0.25, 0.3) is 0 Å². The predicted molar refractivity (Wildman–Crippen MR) is 96.7 cm³/mol. The van der Waals surface area contributed by atoms with Gasteiger partial charge in [-0.05, 0) is 29.8 Å². The van der Waals surface area contributed by atoms with Gasteiger partial charge in [0.25, 0.3) is 0 Å². The van der Waals surface area contributed by atoms with Gasteiger partial charge in [-0.3, -0.25) is 4.79 Å². The molecule has 0 atom stereocenters. The summed E-state index contributed by atoms with van der Waals surface area (Å²) < 4.78 is 17.8. The number of hydrogen-bond acceptors (Lipinski definition) is 4. The summed E-state index contributed by atoms with van der Waals surface area (Å²) >= 11 is 0. The molecule has 0 N–H and O–H groups in total. The van der Waals surface area contributed by atoms with E-state index in [1.54, 1.807) is 29.2 Å². The molecule has 0 bridgehead atoms. The van der Waals surface area contributed by atoms with Crippen LogP contribution in [0.5, 0.6) is 0 Å². The smallest absolute Gasteiger partial charge is 0.339 e. The summed E-state index contributed by atoms with van der Waals surface area (Å²) in [4.78, 5) is 28.3. The van der Waals surface area contributed by atoms with Gasteiger partial charge in [-0.15, -0.1) is 0 Å². The van der Waals surface area contributed by atoms with Crippen molar-refractivity contribution in [2.24, 2.45) is 0 Å². The highest BCUT2D eigenvalue weighted by Crippen LogP contribution is 2.22. The molecule has 5 nitrogen and oxygen atoms in total. The highest BCUT2D eigenvalue weighted by molar-refractivity contribution is 5.95. The second kappa shape index (κ2) is 7.99. The standard InChI is InChI=1S/C20H21FN2O3/c1-26-20(25)17-4-2-3-5-18(17)22-10-12-23(13-11-22)19(24)14-15-6-8-16(21)9-7-15/h2-9H,10-14H2,1H3. The Morgan fingerprint density at radius 3 is 2.31 bits per heavy atom. The zero-order valence-electron chi connectivity index (χ0n) is 14.7. The number of hydrogen-bond donors (Lipinski definition) is 0. The van der Waals surface area contributed by atoms with Crippen molar-refractivity contribution in [1.82, 2.24) is 4.90 Å². The molecule has 2 aromatic rings. The molecule has 0 unspecified atom stereocenters. The summed E-state index contributed by atoms with van der Waals surface area (Å²) in [5.74, 6) is -0.646. The lowest BCUT2D eigenvalue weighted by molar-refractivity contribution is -0.130. The quantitative estimate of drug-likeness (QED) is 0.790. The SMILES string of the molecule is COC(=O)c1ccccc1N1CCN(C(=O)Cc2ccc(F)cc2)CC1. The van der Waals surface area contributed by atoms with Crippen molar-refractivity contribution in [3.8, 4) is 0 Å². The minimum Gasteiger partial charge on any atom is -0.465 e. The number of benzene rings is 2. The Morgan fingerprint density at radius 2 is 1.65 bits per heavy atom. The number of rotatable bonds is 4. The number of carbonyl (C=O) groups excluding carboxylic acids is 2. The number of ether oxygens (including phenoxy) is 1. The predicted octanol–water partition coefficient (Wildman–Crippen LogP) is 2.50. The lowest BCUT2D eigenvalue weighted by Crippen LogP contribution is -2.49. The molecule has 1 amide bonds. The van der Waals surface area contributed by atoms with E-state index in [4.69, 9.17) is 4.74 Å². The van der Waals surface area contributed by atoms with Gasteiger partial charge in [0.1, 0.15) is 5.82 Å². The first-order valence-electron chi connectivity index (χ1n) is 8.53. The molecule has 1 saturated heterocycles. The lowest BCUT2D eigenvalue weighted by atomic mass is 10.1. The van der Waals surface area contributed by atoms with Crippen LogP contribution in [-0.4, -0.2) is 50.1 Å². The molecule has 0 aromatic heterocycles. The lowest BCUT2D eigenvalue weighted by Gasteiger charge is -2.36. The van der Waals surface area contributed by atoms with Crippen LogP contribution >= 0.6 is 0 Å². The fraction of sp³-hybridized carbons (Fsp3) is 0.300. The number of esters is 1. The zero-order valence-corrected chi connectivity index (χ0v) is 14.7. The highest BCUT2D eigenvalue weighted by Gasteiger charge is 2.24. The first-order chi connectivity index (χ1) is 12.6. The maximum Gasteiger partial charge on any atom is 0.339 e. The van der Waals surface area contributed by atoms with Crippen LogP contribution in [0.2, 0.25) is 0 Å². The number of piperazine rings is 1. The van der Waals surface area contributed by atoms with Gasteiger partial charge in [0.2, 0.25) is 5.91 Å². The summed E-state index contributed by atoms with van der Waals surface area (Å²) in [6, 6.07) is 13.3. The molecular weight excluding hydrogens is 335 g/mol.